The van der Waals surface area contributed by atoms with E-state index in [4.69, 9.17) is 5.11 Å². The van der Waals surface area contributed by atoms with Gasteiger partial charge in [0, 0.05) is 17.4 Å². The van der Waals surface area contributed by atoms with Crippen molar-refractivity contribution < 1.29 is 18.7 Å². The van der Waals surface area contributed by atoms with Crippen LogP contribution in [-0.4, -0.2) is 15.6 Å². The van der Waals surface area contributed by atoms with Gasteiger partial charge in [-0.15, -0.1) is 23.1 Å². The summed E-state index contributed by atoms with van der Waals surface area (Å²) in [4.78, 5) is 23.3. The van der Waals surface area contributed by atoms with Gasteiger partial charge in [0.2, 0.25) is 0 Å². The van der Waals surface area contributed by atoms with Crippen LogP contribution in [0.3, 0.4) is 0 Å². The number of thiophene rings is 1. The van der Waals surface area contributed by atoms with Crippen molar-refractivity contribution in [2.45, 2.75) is 17.3 Å². The first-order valence-corrected chi connectivity index (χ1v) is 8.72. The summed E-state index contributed by atoms with van der Waals surface area (Å²) in [6.07, 6.45) is 0. The molecule has 1 N–H and O–H groups in total. The number of hydrogen-bond acceptors (Lipinski definition) is 4. The lowest BCUT2D eigenvalue weighted by molar-refractivity contribution is -0.137. The lowest BCUT2D eigenvalue weighted by Crippen LogP contribution is -2.15. The highest BCUT2D eigenvalue weighted by Crippen LogP contribution is 2.28. The van der Waals surface area contributed by atoms with Gasteiger partial charge in [-0.2, -0.15) is 0 Å². The van der Waals surface area contributed by atoms with Crippen molar-refractivity contribution in [3.63, 3.8) is 0 Å². The number of halogens is 2. The highest BCUT2D eigenvalue weighted by atomic mass is 32.2. The predicted molar refractivity (Wildman–Crippen MR) is 89.6 cm³/mol. The Bertz CT molecular complexity index is 981. The van der Waals surface area contributed by atoms with E-state index < -0.39 is 17.6 Å². The van der Waals surface area contributed by atoms with Crippen LogP contribution >= 0.6 is 23.1 Å². The van der Waals surface area contributed by atoms with Crippen molar-refractivity contribution in [3.8, 4) is 0 Å². The van der Waals surface area contributed by atoms with Crippen LogP contribution in [0.15, 0.2) is 45.5 Å². The summed E-state index contributed by atoms with van der Waals surface area (Å²) in [6.45, 7) is -0.318. The van der Waals surface area contributed by atoms with E-state index >= 15 is 0 Å². The third kappa shape index (κ3) is 3.20. The summed E-state index contributed by atoms with van der Waals surface area (Å²) in [5.41, 5.74) is 0.459. The molecule has 1 aromatic carbocycles. The molecule has 0 aliphatic carbocycles. The number of hydrogen-bond donors (Lipinski definition) is 1. The lowest BCUT2D eigenvalue weighted by atomic mass is 10.2. The van der Waals surface area contributed by atoms with E-state index in [0.717, 1.165) is 17.8 Å². The summed E-state index contributed by atoms with van der Waals surface area (Å²) in [5, 5.41) is 11.2. The van der Waals surface area contributed by atoms with Gasteiger partial charge in [-0.25, -0.2) is 8.78 Å². The summed E-state index contributed by atoms with van der Waals surface area (Å²) >= 11 is 2.33. The van der Waals surface area contributed by atoms with Gasteiger partial charge in [-0.1, -0.05) is 12.1 Å². The topological polar surface area (TPSA) is 59.3 Å². The fourth-order valence-electron chi connectivity index (χ4n) is 2.30. The molecule has 3 aromatic rings. The molecule has 0 atom stereocenters. The molecule has 0 unspecified atom stereocenters. The number of fused-ring (bicyclic) bond motifs is 1. The number of thioether (sulfide) groups is 1. The van der Waals surface area contributed by atoms with Crippen molar-refractivity contribution in [1.29, 1.82) is 0 Å². The monoisotopic (exact) mass is 367 g/mol. The first kappa shape index (κ1) is 16.7. The Balaban J connectivity index is 2.00. The Hall–Kier alpha value is -2.19. The fourth-order valence-corrected chi connectivity index (χ4v) is 4.15. The molecule has 0 spiro atoms. The Morgan fingerprint density at radius 3 is 2.83 bits per heavy atom. The molecule has 0 aliphatic heterocycles. The maximum absolute atomic E-state index is 13.7. The van der Waals surface area contributed by atoms with Crippen molar-refractivity contribution in [1.82, 2.24) is 4.57 Å². The van der Waals surface area contributed by atoms with E-state index in [2.05, 4.69) is 0 Å². The van der Waals surface area contributed by atoms with Crippen molar-refractivity contribution >= 4 is 39.3 Å². The highest BCUT2D eigenvalue weighted by Gasteiger charge is 2.15. The number of pyridine rings is 1. The van der Waals surface area contributed by atoms with E-state index in [1.54, 1.807) is 11.4 Å². The van der Waals surface area contributed by atoms with Crippen LogP contribution in [0.4, 0.5) is 8.78 Å². The van der Waals surface area contributed by atoms with Gasteiger partial charge >= 0.3 is 5.97 Å². The summed E-state index contributed by atoms with van der Waals surface area (Å²) in [5.74, 6) is -2.85. The number of carbonyl (C=O) groups is 1. The lowest BCUT2D eigenvalue weighted by Gasteiger charge is -2.13. The number of aromatic nitrogens is 1. The molecule has 2 aromatic heterocycles. The zero-order valence-corrected chi connectivity index (χ0v) is 13.8. The molecule has 0 saturated carbocycles. The van der Waals surface area contributed by atoms with E-state index in [1.807, 2.05) is 0 Å². The molecule has 0 aliphatic rings. The smallest absolute Gasteiger partial charge is 0.323 e. The number of rotatable bonds is 5. The molecule has 2 heterocycles. The van der Waals surface area contributed by atoms with Crippen LogP contribution < -0.4 is 5.43 Å². The van der Waals surface area contributed by atoms with Crippen LogP contribution in [0.5, 0.6) is 0 Å². The average Bonchev–Trinajstić information content (AvgIpc) is 3.02. The van der Waals surface area contributed by atoms with Crippen LogP contribution in [0.2, 0.25) is 0 Å². The van der Waals surface area contributed by atoms with E-state index in [0.29, 0.717) is 15.2 Å². The maximum Gasteiger partial charge on any atom is 0.323 e. The second kappa shape index (κ2) is 6.74. The van der Waals surface area contributed by atoms with Crippen molar-refractivity contribution in [2.75, 3.05) is 0 Å². The van der Waals surface area contributed by atoms with E-state index in [9.17, 15) is 18.4 Å². The zero-order chi connectivity index (χ0) is 17.3. The van der Waals surface area contributed by atoms with Gasteiger partial charge in [0.05, 0.1) is 15.2 Å². The molecule has 0 radical (unpaired) electrons. The summed E-state index contributed by atoms with van der Waals surface area (Å²) in [7, 11) is 0. The first-order valence-electron chi connectivity index (χ1n) is 6.86. The quantitative estimate of drug-likeness (QED) is 0.699. The van der Waals surface area contributed by atoms with Gasteiger partial charge in [-0.3, -0.25) is 9.59 Å². The largest absolute Gasteiger partial charge is 0.480 e. The van der Waals surface area contributed by atoms with Gasteiger partial charge in [0.15, 0.2) is 17.1 Å². The zero-order valence-electron chi connectivity index (χ0n) is 12.2. The molecule has 0 bridgehead atoms. The highest BCUT2D eigenvalue weighted by molar-refractivity contribution is 7.98. The molecule has 124 valence electrons. The van der Waals surface area contributed by atoms with Gasteiger partial charge in [-0.05, 0) is 17.5 Å². The molecule has 0 fully saturated rings. The second-order valence-corrected chi connectivity index (χ2v) is 6.88. The van der Waals surface area contributed by atoms with E-state index in [1.165, 1.54) is 34.1 Å². The first-order chi connectivity index (χ1) is 11.5. The Kier molecular flexibility index (Phi) is 4.68. The molecule has 0 saturated heterocycles. The predicted octanol–water partition coefficient (Wildman–Crippen LogP) is 3.72. The number of carboxylic acids is 1. The van der Waals surface area contributed by atoms with Gasteiger partial charge in [0.25, 0.3) is 0 Å². The number of nitrogens with zero attached hydrogens (tertiary/aromatic N) is 1. The molecule has 8 heteroatoms. The number of carboxylic acid groups (broad SMARTS) is 1. The molecule has 3 rings (SSSR count). The van der Waals surface area contributed by atoms with Crippen LogP contribution in [-0.2, 0) is 17.1 Å². The molecular weight excluding hydrogens is 356 g/mol. The van der Waals surface area contributed by atoms with Crippen LogP contribution in [0, 0.1) is 11.6 Å². The molecule has 0 amide bonds. The molecule has 24 heavy (non-hydrogen) atoms. The number of benzene rings is 1. The van der Waals surface area contributed by atoms with Gasteiger partial charge in [0.1, 0.15) is 6.54 Å². The minimum Gasteiger partial charge on any atom is -0.480 e. The Morgan fingerprint density at radius 2 is 2.08 bits per heavy atom. The number of aliphatic carboxylic acids is 1. The average molecular weight is 367 g/mol. The standard InChI is InChI=1S/C16H11F2NO3S2/c17-10-3-1-2-9(15(10)18)8-24-13-6-12(20)16-11(4-5-23-16)19(13)7-14(21)22/h1-6H,7-8H2,(H,21,22). The van der Waals surface area contributed by atoms with Crippen LogP contribution in [0.1, 0.15) is 5.56 Å². The Morgan fingerprint density at radius 1 is 1.29 bits per heavy atom. The minimum absolute atomic E-state index is 0.0816. The SMILES string of the molecule is O=C(O)Cn1c(SCc2cccc(F)c2F)cc(=O)c2sccc21. The normalized spacial score (nSPS) is 11.1. The maximum atomic E-state index is 13.7. The van der Waals surface area contributed by atoms with E-state index in [-0.39, 0.29) is 23.3 Å². The molecular formula is C16H11F2NO3S2. The van der Waals surface area contributed by atoms with Crippen LogP contribution in [0.25, 0.3) is 10.2 Å². The third-order valence-electron chi connectivity index (χ3n) is 3.38. The third-order valence-corrected chi connectivity index (χ3v) is 5.39. The second-order valence-electron chi connectivity index (χ2n) is 4.96. The minimum atomic E-state index is -1.05. The van der Waals surface area contributed by atoms with Crippen molar-refractivity contribution in [2.24, 2.45) is 0 Å². The summed E-state index contributed by atoms with van der Waals surface area (Å²) in [6, 6.07) is 6.90. The summed E-state index contributed by atoms with van der Waals surface area (Å²) < 4.78 is 29.0. The Labute approximate surface area is 143 Å². The van der Waals surface area contributed by atoms with Crippen molar-refractivity contribution in [3.05, 3.63) is 63.1 Å². The molecule has 4 nitrogen and oxygen atoms in total. The van der Waals surface area contributed by atoms with Gasteiger partial charge < -0.3 is 9.67 Å². The fraction of sp³-hybridized carbons (Fsp3) is 0.125.